The Labute approximate surface area is 114 Å². The van der Waals surface area contributed by atoms with Gasteiger partial charge in [-0.3, -0.25) is 9.67 Å². The molecule has 1 N–H and O–H groups in total. The lowest BCUT2D eigenvalue weighted by Crippen LogP contribution is -2.15. The van der Waals surface area contributed by atoms with E-state index in [2.05, 4.69) is 10.1 Å². The molecule has 0 radical (unpaired) electrons. The van der Waals surface area contributed by atoms with Gasteiger partial charge in [0.05, 0.1) is 30.1 Å². The smallest absolute Gasteiger partial charge is 0.147 e. The summed E-state index contributed by atoms with van der Waals surface area (Å²) >= 11 is 5.99. The molecule has 7 heteroatoms. The molecule has 0 aliphatic rings. The van der Waals surface area contributed by atoms with E-state index in [1.165, 1.54) is 29.2 Å². The molecular weight excluding hydrogens is 273 g/mol. The Morgan fingerprint density at radius 3 is 3.05 bits per heavy atom. The Balaban J connectivity index is 2.35. The molecule has 5 nitrogen and oxygen atoms in total. The van der Waals surface area contributed by atoms with E-state index in [0.717, 1.165) is 0 Å². The highest BCUT2D eigenvalue weighted by molar-refractivity contribution is 6.31. The van der Waals surface area contributed by atoms with Crippen LogP contribution in [-0.2, 0) is 11.3 Å². The number of pyridine rings is 1. The van der Waals surface area contributed by atoms with Crippen molar-refractivity contribution in [1.82, 2.24) is 14.8 Å². The molecule has 1 unspecified atom stereocenters. The van der Waals surface area contributed by atoms with E-state index in [4.69, 9.17) is 16.3 Å². The molecule has 2 aromatic heterocycles. The summed E-state index contributed by atoms with van der Waals surface area (Å²) in [6, 6.07) is 2.69. The summed E-state index contributed by atoms with van der Waals surface area (Å²) in [7, 11) is 1.56. The summed E-state index contributed by atoms with van der Waals surface area (Å²) in [5.41, 5.74) is 0.222. The summed E-state index contributed by atoms with van der Waals surface area (Å²) in [6.07, 6.45) is 1.54. The van der Waals surface area contributed by atoms with Crippen molar-refractivity contribution in [3.05, 3.63) is 46.8 Å². The van der Waals surface area contributed by atoms with E-state index in [0.29, 0.717) is 18.8 Å². The molecule has 0 saturated carbocycles. The minimum atomic E-state index is -1.27. The summed E-state index contributed by atoms with van der Waals surface area (Å²) in [6.45, 7) is 0.812. The van der Waals surface area contributed by atoms with Crippen LogP contribution < -0.4 is 0 Å². The maximum absolute atomic E-state index is 13.6. The number of aliphatic hydroxyl groups excluding tert-OH is 1. The first-order chi connectivity index (χ1) is 9.15. The van der Waals surface area contributed by atoms with E-state index < -0.39 is 11.9 Å². The minimum Gasteiger partial charge on any atom is -0.383 e. The molecule has 2 rings (SSSR count). The van der Waals surface area contributed by atoms with Gasteiger partial charge in [-0.1, -0.05) is 11.6 Å². The van der Waals surface area contributed by atoms with Gasteiger partial charge in [-0.15, -0.1) is 0 Å². The second kappa shape index (κ2) is 6.10. The van der Waals surface area contributed by atoms with Crippen molar-refractivity contribution in [3.63, 3.8) is 0 Å². The first-order valence-corrected chi connectivity index (χ1v) is 6.01. The van der Waals surface area contributed by atoms with Gasteiger partial charge in [0, 0.05) is 13.3 Å². The summed E-state index contributed by atoms with van der Waals surface area (Å²) < 4.78 is 20.0. The van der Waals surface area contributed by atoms with Crippen LogP contribution >= 0.6 is 11.6 Å². The minimum absolute atomic E-state index is 0.0800. The van der Waals surface area contributed by atoms with Crippen LogP contribution in [0.4, 0.5) is 4.39 Å². The van der Waals surface area contributed by atoms with Gasteiger partial charge in [-0.25, -0.2) is 4.39 Å². The van der Waals surface area contributed by atoms with Crippen LogP contribution in [0.3, 0.4) is 0 Å². The van der Waals surface area contributed by atoms with Crippen LogP contribution in [0.2, 0.25) is 5.02 Å². The second-order valence-electron chi connectivity index (χ2n) is 3.87. The average molecular weight is 286 g/mol. The molecule has 2 heterocycles. The zero-order valence-electron chi connectivity index (χ0n) is 10.3. The van der Waals surface area contributed by atoms with Gasteiger partial charge in [-0.2, -0.15) is 5.10 Å². The zero-order valence-corrected chi connectivity index (χ0v) is 11.0. The largest absolute Gasteiger partial charge is 0.383 e. The highest BCUT2D eigenvalue weighted by Crippen LogP contribution is 2.28. The molecule has 0 fully saturated rings. The second-order valence-corrected chi connectivity index (χ2v) is 4.27. The number of ether oxygens (including phenoxy) is 1. The van der Waals surface area contributed by atoms with Gasteiger partial charge in [0.15, 0.2) is 0 Å². The number of hydrogen-bond donors (Lipinski definition) is 1. The highest BCUT2D eigenvalue weighted by Gasteiger charge is 2.23. The lowest BCUT2D eigenvalue weighted by molar-refractivity contribution is 0.168. The predicted octanol–water partition coefficient (Wildman–Crippen LogP) is 1.80. The maximum atomic E-state index is 13.6. The van der Waals surface area contributed by atoms with Crippen molar-refractivity contribution in [3.8, 4) is 0 Å². The molecule has 0 aliphatic carbocycles. The monoisotopic (exact) mass is 285 g/mol. The van der Waals surface area contributed by atoms with Crippen LogP contribution in [0.15, 0.2) is 24.5 Å². The van der Waals surface area contributed by atoms with E-state index in [9.17, 15) is 9.50 Å². The molecule has 0 amide bonds. The standard InChI is InChI=1S/C12H13ClFN3O2/c1-19-6-5-17-11(8(13)7-16-17)12(18)10-9(14)3-2-4-15-10/h2-4,7,12,18H,5-6H2,1H3. The normalized spacial score (nSPS) is 12.6. The molecule has 102 valence electrons. The number of rotatable bonds is 5. The Morgan fingerprint density at radius 2 is 2.37 bits per heavy atom. The molecule has 0 aliphatic heterocycles. The highest BCUT2D eigenvalue weighted by atomic mass is 35.5. The molecular formula is C12H13ClFN3O2. The van der Waals surface area contributed by atoms with Gasteiger partial charge in [-0.05, 0) is 12.1 Å². The molecule has 0 bridgehead atoms. The summed E-state index contributed by atoms with van der Waals surface area (Å²) in [4.78, 5) is 3.84. The molecule has 1 atom stereocenters. The quantitative estimate of drug-likeness (QED) is 0.910. The molecule has 0 spiro atoms. The number of methoxy groups -OCH3 is 1. The van der Waals surface area contributed by atoms with Gasteiger partial charge >= 0.3 is 0 Å². The van der Waals surface area contributed by atoms with Gasteiger partial charge in [0.1, 0.15) is 17.6 Å². The fraction of sp³-hybridized carbons (Fsp3) is 0.333. The predicted molar refractivity (Wildman–Crippen MR) is 67.4 cm³/mol. The molecule has 2 aromatic rings. The summed E-state index contributed by atoms with van der Waals surface area (Å²) in [5, 5.41) is 14.5. The lowest BCUT2D eigenvalue weighted by atomic mass is 10.1. The van der Waals surface area contributed by atoms with Crippen molar-refractivity contribution in [2.75, 3.05) is 13.7 Å². The van der Waals surface area contributed by atoms with Crippen molar-refractivity contribution >= 4 is 11.6 Å². The van der Waals surface area contributed by atoms with E-state index in [-0.39, 0.29) is 10.7 Å². The molecule has 0 aromatic carbocycles. The third-order valence-electron chi connectivity index (χ3n) is 2.65. The van der Waals surface area contributed by atoms with Crippen LogP contribution in [0.25, 0.3) is 0 Å². The number of hydrogen-bond acceptors (Lipinski definition) is 4. The van der Waals surface area contributed by atoms with Crippen LogP contribution in [0, 0.1) is 5.82 Å². The molecule has 19 heavy (non-hydrogen) atoms. The van der Waals surface area contributed by atoms with E-state index in [1.807, 2.05) is 0 Å². The Kier molecular flexibility index (Phi) is 4.47. The number of aliphatic hydroxyl groups is 1. The summed E-state index contributed by atoms with van der Waals surface area (Å²) in [5.74, 6) is -0.592. The number of aromatic nitrogens is 3. The zero-order chi connectivity index (χ0) is 13.8. The van der Waals surface area contributed by atoms with Gasteiger partial charge in [0.25, 0.3) is 0 Å². The first-order valence-electron chi connectivity index (χ1n) is 5.63. The number of nitrogens with zero attached hydrogens (tertiary/aromatic N) is 3. The van der Waals surface area contributed by atoms with Gasteiger partial charge in [0.2, 0.25) is 0 Å². The maximum Gasteiger partial charge on any atom is 0.147 e. The van der Waals surface area contributed by atoms with Crippen molar-refractivity contribution in [1.29, 1.82) is 0 Å². The van der Waals surface area contributed by atoms with Crippen molar-refractivity contribution in [2.45, 2.75) is 12.6 Å². The number of halogens is 2. The Morgan fingerprint density at radius 1 is 1.58 bits per heavy atom. The first kappa shape index (κ1) is 13.9. The van der Waals surface area contributed by atoms with Crippen LogP contribution in [-0.4, -0.2) is 33.6 Å². The van der Waals surface area contributed by atoms with E-state index in [1.54, 1.807) is 7.11 Å². The van der Waals surface area contributed by atoms with Gasteiger partial charge < -0.3 is 9.84 Å². The Hall–Kier alpha value is -1.50. The van der Waals surface area contributed by atoms with Crippen molar-refractivity contribution in [2.24, 2.45) is 0 Å². The SMILES string of the molecule is COCCn1ncc(Cl)c1C(O)c1ncccc1F. The topological polar surface area (TPSA) is 60.2 Å². The average Bonchev–Trinajstić information content (AvgIpc) is 2.77. The van der Waals surface area contributed by atoms with Crippen LogP contribution in [0.5, 0.6) is 0 Å². The van der Waals surface area contributed by atoms with E-state index >= 15 is 0 Å². The molecule has 0 saturated heterocycles. The fourth-order valence-corrected chi connectivity index (χ4v) is 1.97. The lowest BCUT2D eigenvalue weighted by Gasteiger charge is -2.14. The Bertz CT molecular complexity index is 562. The third kappa shape index (κ3) is 2.91. The third-order valence-corrected chi connectivity index (χ3v) is 2.94. The van der Waals surface area contributed by atoms with Crippen LogP contribution in [0.1, 0.15) is 17.5 Å². The van der Waals surface area contributed by atoms with Crippen molar-refractivity contribution < 1.29 is 14.2 Å². The fourth-order valence-electron chi connectivity index (χ4n) is 1.73.